The number of amides is 3. The third-order valence-electron chi connectivity index (χ3n) is 5.93. The van der Waals surface area contributed by atoms with Gasteiger partial charge < -0.3 is 37.5 Å². The molecule has 0 aliphatic rings. The molecule has 13 heteroatoms. The molecule has 0 fully saturated rings. The zero-order valence-electron chi connectivity index (χ0n) is 21.3. The van der Waals surface area contributed by atoms with Crippen molar-refractivity contribution in [3.05, 3.63) is 18.2 Å². The monoisotopic (exact) mass is 527 g/mol. The lowest BCUT2D eigenvalue weighted by Gasteiger charge is -2.26. The molecule has 1 aromatic rings. The summed E-state index contributed by atoms with van der Waals surface area (Å²) in [5, 5.41) is 17.5. The predicted molar refractivity (Wildman–Crippen MR) is 139 cm³/mol. The van der Waals surface area contributed by atoms with Crippen molar-refractivity contribution in [3.8, 4) is 0 Å². The molecule has 0 aromatic carbocycles. The largest absolute Gasteiger partial charge is 0.480 e. The molecule has 0 radical (unpaired) electrons. The Labute approximate surface area is 216 Å². The van der Waals surface area contributed by atoms with Gasteiger partial charge in [0.1, 0.15) is 18.1 Å². The highest BCUT2D eigenvalue weighted by Gasteiger charge is 2.31. The first-order chi connectivity index (χ1) is 17.1. The highest BCUT2D eigenvalue weighted by Crippen LogP contribution is 2.10. The van der Waals surface area contributed by atoms with Gasteiger partial charge >= 0.3 is 5.97 Å². The zero-order valence-corrected chi connectivity index (χ0v) is 22.1. The second kappa shape index (κ2) is 16.9. The van der Waals surface area contributed by atoms with Crippen LogP contribution in [0.4, 0.5) is 0 Å². The molecule has 0 aliphatic heterocycles. The number of carboxylic acid groups (broad SMARTS) is 1. The molecule has 0 spiro atoms. The number of aliphatic carboxylic acids is 1. The number of H-pyrrole nitrogens is 1. The SMILES string of the molecule is CCC(C)C(NC(=O)C(CCCCN)NC(=O)C(CCSC)NC(=O)C(N)Cc1cnc[nH]1)C(=O)O. The molecule has 9 N–H and O–H groups in total. The number of nitrogens with zero attached hydrogens (tertiary/aromatic N) is 1. The van der Waals surface area contributed by atoms with Crippen molar-refractivity contribution in [2.24, 2.45) is 17.4 Å². The molecule has 3 amide bonds. The molecule has 1 rings (SSSR count). The number of carboxylic acids is 1. The van der Waals surface area contributed by atoms with Crippen LogP contribution in [0.5, 0.6) is 0 Å². The Hall–Kier alpha value is -2.64. The first-order valence-electron chi connectivity index (χ1n) is 12.2. The topological polar surface area (TPSA) is 205 Å². The number of carbonyl (C=O) groups excluding carboxylic acids is 3. The van der Waals surface area contributed by atoms with E-state index in [-0.39, 0.29) is 18.8 Å². The fraction of sp³-hybridized carbons (Fsp3) is 0.696. The van der Waals surface area contributed by atoms with Crippen LogP contribution in [-0.2, 0) is 25.6 Å². The molecular formula is C23H41N7O5S. The Bertz CT molecular complexity index is 824. The number of imidazole rings is 1. The van der Waals surface area contributed by atoms with Gasteiger partial charge in [-0.05, 0) is 50.2 Å². The summed E-state index contributed by atoms with van der Waals surface area (Å²) >= 11 is 1.51. The van der Waals surface area contributed by atoms with E-state index in [1.807, 2.05) is 13.2 Å². The highest BCUT2D eigenvalue weighted by molar-refractivity contribution is 7.98. The number of nitrogens with one attached hydrogen (secondary N) is 4. The minimum Gasteiger partial charge on any atom is -0.480 e. The van der Waals surface area contributed by atoms with E-state index in [1.54, 1.807) is 13.1 Å². The van der Waals surface area contributed by atoms with Crippen LogP contribution >= 0.6 is 11.8 Å². The van der Waals surface area contributed by atoms with Crippen molar-refractivity contribution in [1.82, 2.24) is 25.9 Å². The average Bonchev–Trinajstić information content (AvgIpc) is 3.36. The van der Waals surface area contributed by atoms with Crippen molar-refractivity contribution in [1.29, 1.82) is 0 Å². The number of rotatable bonds is 18. The molecule has 5 atom stereocenters. The lowest BCUT2D eigenvalue weighted by atomic mass is 9.98. The number of aromatic amines is 1. The van der Waals surface area contributed by atoms with Crippen LogP contribution in [0.3, 0.4) is 0 Å². The Morgan fingerprint density at radius 2 is 1.72 bits per heavy atom. The summed E-state index contributed by atoms with van der Waals surface area (Å²) in [5.41, 5.74) is 12.3. The van der Waals surface area contributed by atoms with Crippen molar-refractivity contribution in [2.45, 2.75) is 76.5 Å². The Morgan fingerprint density at radius 3 is 2.28 bits per heavy atom. The zero-order chi connectivity index (χ0) is 27.1. The van der Waals surface area contributed by atoms with Crippen LogP contribution in [0.2, 0.25) is 0 Å². The lowest BCUT2D eigenvalue weighted by molar-refractivity contribution is -0.144. The summed E-state index contributed by atoms with van der Waals surface area (Å²) in [6, 6.07) is -3.86. The Kier molecular flexibility index (Phi) is 14.8. The van der Waals surface area contributed by atoms with Gasteiger partial charge in [0, 0.05) is 18.3 Å². The van der Waals surface area contributed by atoms with E-state index in [0.717, 1.165) is 0 Å². The Balaban J connectivity index is 2.94. The smallest absolute Gasteiger partial charge is 0.326 e. The van der Waals surface area contributed by atoms with Gasteiger partial charge in [-0.1, -0.05) is 20.3 Å². The van der Waals surface area contributed by atoms with E-state index >= 15 is 0 Å². The summed E-state index contributed by atoms with van der Waals surface area (Å²) in [5.74, 6) is -2.46. The number of aromatic nitrogens is 2. The third kappa shape index (κ3) is 11.0. The van der Waals surface area contributed by atoms with Gasteiger partial charge in [-0.2, -0.15) is 11.8 Å². The fourth-order valence-corrected chi connectivity index (χ4v) is 3.95. The molecule has 0 saturated carbocycles. The van der Waals surface area contributed by atoms with Gasteiger partial charge in [0.2, 0.25) is 17.7 Å². The number of thioether (sulfide) groups is 1. The van der Waals surface area contributed by atoms with Crippen LogP contribution in [0, 0.1) is 5.92 Å². The van der Waals surface area contributed by atoms with Crippen LogP contribution in [0.15, 0.2) is 12.5 Å². The maximum Gasteiger partial charge on any atom is 0.326 e. The maximum atomic E-state index is 13.2. The summed E-state index contributed by atoms with van der Waals surface area (Å²) in [7, 11) is 0. The Morgan fingerprint density at radius 1 is 1.08 bits per heavy atom. The molecule has 0 aliphatic carbocycles. The average molecular weight is 528 g/mol. The first-order valence-corrected chi connectivity index (χ1v) is 13.6. The molecule has 12 nitrogen and oxygen atoms in total. The molecule has 5 unspecified atom stereocenters. The van der Waals surface area contributed by atoms with E-state index in [1.165, 1.54) is 18.1 Å². The predicted octanol–water partition coefficient (Wildman–Crippen LogP) is -0.253. The summed E-state index contributed by atoms with van der Waals surface area (Å²) in [6.07, 6.45) is 7.53. The van der Waals surface area contributed by atoms with Crippen LogP contribution < -0.4 is 27.4 Å². The second-order valence-corrected chi connectivity index (χ2v) is 9.77. The number of hydrogen-bond donors (Lipinski definition) is 7. The van der Waals surface area contributed by atoms with Crippen LogP contribution in [0.25, 0.3) is 0 Å². The second-order valence-electron chi connectivity index (χ2n) is 8.79. The molecule has 0 bridgehead atoms. The van der Waals surface area contributed by atoms with Crippen LogP contribution in [-0.4, -0.2) is 81.5 Å². The van der Waals surface area contributed by atoms with Crippen molar-refractivity contribution in [3.63, 3.8) is 0 Å². The van der Waals surface area contributed by atoms with Crippen molar-refractivity contribution >= 4 is 35.5 Å². The summed E-state index contributed by atoms with van der Waals surface area (Å²) in [6.45, 7) is 4.00. The minimum atomic E-state index is -1.14. The normalized spacial score (nSPS) is 15.2. The molecular weight excluding hydrogens is 486 g/mol. The number of nitrogens with two attached hydrogens (primary N) is 2. The van der Waals surface area contributed by atoms with E-state index < -0.39 is 47.9 Å². The number of hydrogen-bond acceptors (Lipinski definition) is 8. The molecule has 1 heterocycles. The highest BCUT2D eigenvalue weighted by atomic mass is 32.2. The molecule has 36 heavy (non-hydrogen) atoms. The quantitative estimate of drug-likeness (QED) is 0.125. The van der Waals surface area contributed by atoms with Gasteiger partial charge in [-0.3, -0.25) is 14.4 Å². The number of unbranched alkanes of at least 4 members (excludes halogenated alkanes) is 1. The van der Waals surface area contributed by atoms with Gasteiger partial charge in [0.25, 0.3) is 0 Å². The van der Waals surface area contributed by atoms with Crippen molar-refractivity contribution in [2.75, 3.05) is 18.6 Å². The van der Waals surface area contributed by atoms with Gasteiger partial charge in [-0.25, -0.2) is 9.78 Å². The number of carbonyl (C=O) groups is 4. The van der Waals surface area contributed by atoms with Crippen LogP contribution in [0.1, 0.15) is 51.6 Å². The van der Waals surface area contributed by atoms with Gasteiger partial charge in [-0.15, -0.1) is 0 Å². The minimum absolute atomic E-state index is 0.221. The molecule has 1 aromatic heterocycles. The summed E-state index contributed by atoms with van der Waals surface area (Å²) < 4.78 is 0. The fourth-order valence-electron chi connectivity index (χ4n) is 3.48. The van der Waals surface area contributed by atoms with E-state index in [2.05, 4.69) is 25.9 Å². The standard InChI is InChI=1S/C23H41N7O5S/c1-4-14(2)19(23(34)35)30-22(33)17(7-5-6-9-24)29-21(32)18(8-10-36-3)28-20(31)16(25)11-15-12-26-13-27-15/h12-14,16-19H,4-11,24-25H2,1-3H3,(H,26,27)(H,28,31)(H,29,32)(H,30,33)(H,34,35). The molecule has 204 valence electrons. The van der Waals surface area contributed by atoms with E-state index in [4.69, 9.17) is 11.5 Å². The summed E-state index contributed by atoms with van der Waals surface area (Å²) in [4.78, 5) is 57.3. The van der Waals surface area contributed by atoms with E-state index in [9.17, 15) is 24.3 Å². The first kappa shape index (κ1) is 31.4. The molecule has 0 saturated heterocycles. The third-order valence-corrected chi connectivity index (χ3v) is 6.58. The van der Waals surface area contributed by atoms with Gasteiger partial charge in [0.05, 0.1) is 12.4 Å². The van der Waals surface area contributed by atoms with E-state index in [0.29, 0.717) is 43.7 Å². The lowest BCUT2D eigenvalue weighted by Crippen LogP contribution is -2.58. The van der Waals surface area contributed by atoms with Crippen molar-refractivity contribution < 1.29 is 24.3 Å². The van der Waals surface area contributed by atoms with Gasteiger partial charge in [0.15, 0.2) is 0 Å². The maximum absolute atomic E-state index is 13.2.